The van der Waals surface area contributed by atoms with Crippen LogP contribution in [0.4, 0.5) is 0 Å². The van der Waals surface area contributed by atoms with Crippen molar-refractivity contribution in [1.82, 2.24) is 9.80 Å². The Morgan fingerprint density at radius 3 is 1.85 bits per heavy atom. The highest BCUT2D eigenvalue weighted by Gasteiger charge is 2.44. The number of benzene rings is 3. The molecule has 0 saturated carbocycles. The largest absolute Gasteiger partial charge is 0.497 e. The monoisotopic (exact) mass is 564 g/mol. The number of ether oxygens (including phenoxy) is 4. The molecule has 212 valence electrons. The Morgan fingerprint density at radius 2 is 1.35 bits per heavy atom. The molecule has 3 aromatic rings. The fourth-order valence-corrected chi connectivity index (χ4v) is 6.04. The van der Waals surface area contributed by atoms with Gasteiger partial charge in [-0.1, -0.05) is 35.9 Å². The summed E-state index contributed by atoms with van der Waals surface area (Å²) in [5.41, 5.74) is 2.36. The van der Waals surface area contributed by atoms with Crippen LogP contribution in [0.3, 0.4) is 0 Å². The van der Waals surface area contributed by atoms with Gasteiger partial charge in [0.15, 0.2) is 11.5 Å². The van der Waals surface area contributed by atoms with Crippen molar-refractivity contribution in [3.05, 3.63) is 82.4 Å². The van der Waals surface area contributed by atoms with Crippen molar-refractivity contribution >= 4 is 17.5 Å². The maximum absolute atomic E-state index is 13.9. The summed E-state index contributed by atoms with van der Waals surface area (Å²) in [7, 11) is 7.51. The van der Waals surface area contributed by atoms with Gasteiger partial charge in [-0.3, -0.25) is 4.79 Å². The molecule has 3 aromatic carbocycles. The first-order chi connectivity index (χ1) is 19.4. The molecule has 0 unspecified atom stereocenters. The van der Waals surface area contributed by atoms with Crippen molar-refractivity contribution in [2.75, 3.05) is 28.3 Å². The van der Waals surface area contributed by atoms with Gasteiger partial charge in [0.05, 0.1) is 24.8 Å². The molecule has 2 bridgehead atoms. The van der Waals surface area contributed by atoms with Crippen LogP contribution in [0.25, 0.3) is 0 Å². The Morgan fingerprint density at radius 1 is 0.825 bits per heavy atom. The van der Waals surface area contributed by atoms with E-state index >= 15 is 0 Å². The van der Waals surface area contributed by atoms with Gasteiger partial charge in [0.2, 0.25) is 0 Å². The fraction of sp³-hybridized carbons (Fsp3) is 0.406. The Labute approximate surface area is 241 Å². The van der Waals surface area contributed by atoms with Crippen LogP contribution in [-0.4, -0.2) is 62.1 Å². The molecular weight excluding hydrogens is 528 g/mol. The summed E-state index contributed by atoms with van der Waals surface area (Å²) >= 11 is 6.96. The second-order valence-electron chi connectivity index (χ2n) is 10.7. The molecular formula is C32H37ClN2O5. The molecule has 0 N–H and O–H groups in total. The molecule has 3 atom stereocenters. The van der Waals surface area contributed by atoms with Crippen molar-refractivity contribution in [1.29, 1.82) is 0 Å². The van der Waals surface area contributed by atoms with Crippen LogP contribution in [0.1, 0.15) is 47.2 Å². The van der Waals surface area contributed by atoms with Gasteiger partial charge in [-0.25, -0.2) is 0 Å². The van der Waals surface area contributed by atoms with Gasteiger partial charge < -0.3 is 28.7 Å². The van der Waals surface area contributed by atoms with Gasteiger partial charge in [0, 0.05) is 18.1 Å². The summed E-state index contributed by atoms with van der Waals surface area (Å²) < 4.78 is 22.9. The van der Waals surface area contributed by atoms with E-state index in [1.54, 1.807) is 26.4 Å². The summed E-state index contributed by atoms with van der Waals surface area (Å²) in [6, 6.07) is 19.8. The predicted molar refractivity (Wildman–Crippen MR) is 156 cm³/mol. The second-order valence-corrected chi connectivity index (χ2v) is 11.1. The Hall–Kier alpha value is -3.42. The highest BCUT2D eigenvalue weighted by Crippen LogP contribution is 2.43. The van der Waals surface area contributed by atoms with Gasteiger partial charge in [0.1, 0.15) is 24.7 Å². The lowest BCUT2D eigenvalue weighted by Gasteiger charge is -2.41. The van der Waals surface area contributed by atoms with Gasteiger partial charge in [-0.15, -0.1) is 0 Å². The average Bonchev–Trinajstić information content (AvgIpc) is 3.24. The molecule has 2 heterocycles. The number of rotatable bonds is 10. The van der Waals surface area contributed by atoms with Gasteiger partial charge in [0.25, 0.3) is 5.91 Å². The molecule has 8 heteroatoms. The fourth-order valence-electron chi connectivity index (χ4n) is 5.75. The molecule has 7 nitrogen and oxygen atoms in total. The lowest BCUT2D eigenvalue weighted by molar-refractivity contribution is 0.0474. The van der Waals surface area contributed by atoms with Crippen molar-refractivity contribution in [3.8, 4) is 23.0 Å². The number of piperidine rings is 1. The van der Waals surface area contributed by atoms with Gasteiger partial charge in [-0.05, 0) is 87.3 Å². The molecule has 0 aromatic heterocycles. The number of carbonyl (C=O) groups is 1. The molecule has 2 saturated heterocycles. The maximum Gasteiger partial charge on any atom is 0.256 e. The minimum Gasteiger partial charge on any atom is -0.497 e. The maximum atomic E-state index is 13.9. The standard InChI is InChI=1S/C32H37ClN2O5/c1-34(2)25-17-23-9-10-24(18-25)35(23)32(36)28-15-16-29(39-19-21-5-11-26(37-3)12-6-21)31(30(28)33)40-20-22-7-13-27(38-4)14-8-22/h5-8,11-16,23-25H,9-10,17-20H2,1-4H3/t23-,24+,25+. The smallest absolute Gasteiger partial charge is 0.256 e. The normalized spacial score (nSPS) is 19.9. The van der Waals surface area contributed by atoms with Crippen LogP contribution in [0, 0.1) is 0 Å². The highest BCUT2D eigenvalue weighted by molar-refractivity contribution is 6.35. The van der Waals surface area contributed by atoms with Crippen LogP contribution in [0.15, 0.2) is 60.7 Å². The number of nitrogens with zero attached hydrogens (tertiary/aromatic N) is 2. The minimum atomic E-state index is -0.0364. The van der Waals surface area contributed by atoms with E-state index in [1.807, 2.05) is 48.5 Å². The van der Waals surface area contributed by atoms with E-state index in [0.29, 0.717) is 29.7 Å². The molecule has 40 heavy (non-hydrogen) atoms. The number of amides is 1. The van der Waals surface area contributed by atoms with Crippen LogP contribution in [0.5, 0.6) is 23.0 Å². The summed E-state index contributed by atoms with van der Waals surface area (Å²) in [6.07, 6.45) is 4.03. The SMILES string of the molecule is COc1ccc(COc2ccc(C(=O)N3[C@@H]4CC[C@H]3C[C@@H](N(C)C)C4)c(Cl)c2OCc2ccc(OC)cc2)cc1. The quantitative estimate of drug-likeness (QED) is 0.292. The lowest BCUT2D eigenvalue weighted by Crippen LogP contribution is -2.51. The number of halogens is 1. The predicted octanol–water partition coefficient (Wildman–Crippen LogP) is 6.21. The molecule has 0 radical (unpaired) electrons. The third kappa shape index (κ3) is 6.01. The number of hydrogen-bond donors (Lipinski definition) is 0. The number of hydrogen-bond acceptors (Lipinski definition) is 6. The van der Waals surface area contributed by atoms with E-state index in [9.17, 15) is 4.79 Å². The first-order valence-corrected chi connectivity index (χ1v) is 14.1. The van der Waals surface area contributed by atoms with E-state index in [1.165, 1.54) is 0 Å². The van der Waals surface area contributed by atoms with E-state index < -0.39 is 0 Å². The molecule has 2 aliphatic rings. The first kappa shape index (κ1) is 28.1. The molecule has 2 aliphatic heterocycles. The van der Waals surface area contributed by atoms with Crippen molar-refractivity contribution in [2.45, 2.75) is 57.0 Å². The van der Waals surface area contributed by atoms with Crippen molar-refractivity contribution in [3.63, 3.8) is 0 Å². The third-order valence-corrected chi connectivity index (χ3v) is 8.44. The summed E-state index contributed by atoms with van der Waals surface area (Å²) in [4.78, 5) is 18.3. The molecule has 5 rings (SSSR count). The summed E-state index contributed by atoms with van der Waals surface area (Å²) in [6.45, 7) is 0.578. The summed E-state index contributed by atoms with van der Waals surface area (Å²) in [5, 5.41) is 0.278. The van der Waals surface area contributed by atoms with Crippen molar-refractivity contribution in [2.24, 2.45) is 0 Å². The third-order valence-electron chi connectivity index (χ3n) is 8.06. The minimum absolute atomic E-state index is 0.0364. The Kier molecular flexibility index (Phi) is 8.72. The van der Waals surface area contributed by atoms with Crippen LogP contribution in [-0.2, 0) is 13.2 Å². The van der Waals surface area contributed by atoms with E-state index in [2.05, 4.69) is 23.9 Å². The topological polar surface area (TPSA) is 60.5 Å². The molecule has 1 amide bonds. The molecule has 0 spiro atoms. The van der Waals surface area contributed by atoms with E-state index in [-0.39, 0.29) is 29.6 Å². The van der Waals surface area contributed by atoms with Crippen LogP contribution >= 0.6 is 11.6 Å². The average molecular weight is 565 g/mol. The van der Waals surface area contributed by atoms with Crippen LogP contribution in [0.2, 0.25) is 5.02 Å². The highest BCUT2D eigenvalue weighted by atomic mass is 35.5. The zero-order chi connectivity index (χ0) is 28.2. The second kappa shape index (κ2) is 12.4. The van der Waals surface area contributed by atoms with Gasteiger partial charge in [-0.2, -0.15) is 0 Å². The van der Waals surface area contributed by atoms with Gasteiger partial charge >= 0.3 is 0 Å². The van der Waals surface area contributed by atoms with Crippen LogP contribution < -0.4 is 18.9 Å². The number of fused-ring (bicyclic) bond motifs is 2. The van der Waals surface area contributed by atoms with E-state index in [4.69, 9.17) is 30.5 Å². The lowest BCUT2D eigenvalue weighted by atomic mass is 9.95. The van der Waals surface area contributed by atoms with Crippen molar-refractivity contribution < 1.29 is 23.7 Å². The molecule has 0 aliphatic carbocycles. The zero-order valence-electron chi connectivity index (χ0n) is 23.6. The summed E-state index contributed by atoms with van der Waals surface area (Å²) in [5.74, 6) is 2.37. The first-order valence-electron chi connectivity index (χ1n) is 13.7. The van der Waals surface area contributed by atoms with E-state index in [0.717, 1.165) is 48.3 Å². The Balaban J connectivity index is 1.40. The number of carbonyl (C=O) groups excluding carboxylic acids is 1. The Bertz CT molecular complexity index is 1300. The molecule has 2 fully saturated rings. The number of methoxy groups -OCH3 is 2. The zero-order valence-corrected chi connectivity index (χ0v) is 24.3.